The number of aromatic amines is 1. The first-order valence-corrected chi connectivity index (χ1v) is 5.95. The maximum Gasteiger partial charge on any atom is 0.328 e. The van der Waals surface area contributed by atoms with Gasteiger partial charge in [0.2, 0.25) is 0 Å². The van der Waals surface area contributed by atoms with Crippen molar-refractivity contribution in [1.82, 2.24) is 15.5 Å². The molecular weight excluding hydrogens is 280 g/mol. The number of aromatic nitrogens is 2. The van der Waals surface area contributed by atoms with Crippen molar-refractivity contribution >= 4 is 28.5 Å². The van der Waals surface area contributed by atoms with Crippen LogP contribution in [0.3, 0.4) is 0 Å². The number of methoxy groups -OCH3 is 1. The monoisotopic (exact) mass is 292 g/mol. The highest BCUT2D eigenvalue weighted by Crippen LogP contribution is 2.22. The van der Waals surface area contributed by atoms with Crippen LogP contribution in [0, 0.1) is 10.1 Å². The van der Waals surface area contributed by atoms with Crippen molar-refractivity contribution in [3.8, 4) is 0 Å². The SMILES string of the molecule is COC(=O)[C@H](C)NC(=O)c1n[nH]c2ccc([N+](=O)[O-])cc12. The molecular formula is C12H12N4O5. The average Bonchev–Trinajstić information content (AvgIpc) is 2.88. The van der Waals surface area contributed by atoms with Crippen LogP contribution >= 0.6 is 0 Å². The minimum absolute atomic E-state index is 0.0237. The van der Waals surface area contributed by atoms with Crippen molar-refractivity contribution in [2.75, 3.05) is 7.11 Å². The summed E-state index contributed by atoms with van der Waals surface area (Å²) >= 11 is 0. The molecule has 0 radical (unpaired) electrons. The number of rotatable bonds is 4. The molecule has 0 saturated heterocycles. The second kappa shape index (κ2) is 5.57. The Morgan fingerprint density at radius 2 is 2.19 bits per heavy atom. The molecule has 110 valence electrons. The Kier molecular flexibility index (Phi) is 3.83. The molecule has 1 heterocycles. The molecule has 0 spiro atoms. The highest BCUT2D eigenvalue weighted by Gasteiger charge is 2.21. The molecule has 2 rings (SSSR count). The van der Waals surface area contributed by atoms with Crippen LogP contribution in [0.25, 0.3) is 10.9 Å². The van der Waals surface area contributed by atoms with Crippen LogP contribution in [0.1, 0.15) is 17.4 Å². The topological polar surface area (TPSA) is 127 Å². The van der Waals surface area contributed by atoms with Gasteiger partial charge in [-0.25, -0.2) is 4.79 Å². The minimum Gasteiger partial charge on any atom is -0.467 e. The van der Waals surface area contributed by atoms with E-state index < -0.39 is 22.8 Å². The van der Waals surface area contributed by atoms with Gasteiger partial charge in [-0.3, -0.25) is 20.0 Å². The summed E-state index contributed by atoms with van der Waals surface area (Å²) < 4.78 is 4.50. The second-order valence-corrected chi connectivity index (χ2v) is 4.28. The van der Waals surface area contributed by atoms with E-state index in [0.29, 0.717) is 10.9 Å². The first kappa shape index (κ1) is 14.4. The molecule has 0 saturated carbocycles. The van der Waals surface area contributed by atoms with E-state index in [-0.39, 0.29) is 11.4 Å². The molecule has 0 fully saturated rings. The summed E-state index contributed by atoms with van der Waals surface area (Å²) in [5, 5.41) is 19.9. The fourth-order valence-corrected chi connectivity index (χ4v) is 1.79. The lowest BCUT2D eigenvalue weighted by Crippen LogP contribution is -2.39. The van der Waals surface area contributed by atoms with Gasteiger partial charge < -0.3 is 10.1 Å². The molecule has 9 nitrogen and oxygen atoms in total. The average molecular weight is 292 g/mol. The number of ether oxygens (including phenoxy) is 1. The predicted molar refractivity (Wildman–Crippen MR) is 71.7 cm³/mol. The molecule has 1 amide bonds. The number of benzene rings is 1. The zero-order chi connectivity index (χ0) is 15.6. The number of hydrogen-bond donors (Lipinski definition) is 2. The third-order valence-electron chi connectivity index (χ3n) is 2.87. The lowest BCUT2D eigenvalue weighted by Gasteiger charge is -2.10. The molecule has 1 atom stereocenters. The smallest absolute Gasteiger partial charge is 0.328 e. The number of esters is 1. The Bertz CT molecular complexity index is 724. The molecule has 0 aliphatic rings. The highest BCUT2D eigenvalue weighted by atomic mass is 16.6. The van der Waals surface area contributed by atoms with Crippen molar-refractivity contribution in [3.05, 3.63) is 34.0 Å². The van der Waals surface area contributed by atoms with Crippen molar-refractivity contribution in [1.29, 1.82) is 0 Å². The van der Waals surface area contributed by atoms with E-state index in [1.165, 1.54) is 32.2 Å². The molecule has 2 aromatic rings. The zero-order valence-corrected chi connectivity index (χ0v) is 11.2. The molecule has 1 aromatic carbocycles. The van der Waals surface area contributed by atoms with Crippen LogP contribution in [-0.4, -0.2) is 40.1 Å². The van der Waals surface area contributed by atoms with Gasteiger partial charge in [0.25, 0.3) is 11.6 Å². The summed E-state index contributed by atoms with van der Waals surface area (Å²) in [6.07, 6.45) is 0. The van der Waals surface area contributed by atoms with Crippen molar-refractivity contribution in [3.63, 3.8) is 0 Å². The molecule has 0 aliphatic heterocycles. The standard InChI is InChI=1S/C12H12N4O5/c1-6(12(18)21-2)13-11(17)10-8-5-7(16(19)20)3-4-9(8)14-15-10/h3-6H,1-2H3,(H,13,17)(H,14,15)/t6-/m0/s1. The van der Waals surface area contributed by atoms with Crippen LogP contribution in [0.2, 0.25) is 0 Å². The van der Waals surface area contributed by atoms with Gasteiger partial charge in [-0.05, 0) is 13.0 Å². The molecule has 9 heteroatoms. The molecule has 0 bridgehead atoms. The number of hydrogen-bond acceptors (Lipinski definition) is 6. The molecule has 2 N–H and O–H groups in total. The Morgan fingerprint density at radius 3 is 2.81 bits per heavy atom. The number of nitrogens with one attached hydrogen (secondary N) is 2. The van der Waals surface area contributed by atoms with Gasteiger partial charge in [0.05, 0.1) is 17.5 Å². The number of H-pyrrole nitrogens is 1. The van der Waals surface area contributed by atoms with E-state index in [4.69, 9.17) is 0 Å². The van der Waals surface area contributed by atoms with Crippen molar-refractivity contribution < 1.29 is 19.2 Å². The summed E-state index contributed by atoms with van der Waals surface area (Å²) in [6.45, 7) is 1.46. The van der Waals surface area contributed by atoms with Gasteiger partial charge in [-0.15, -0.1) is 0 Å². The lowest BCUT2D eigenvalue weighted by molar-refractivity contribution is -0.384. The number of carbonyl (C=O) groups excluding carboxylic acids is 2. The van der Waals surface area contributed by atoms with E-state index in [9.17, 15) is 19.7 Å². The maximum absolute atomic E-state index is 12.1. The van der Waals surface area contributed by atoms with E-state index in [0.717, 1.165) is 0 Å². The maximum atomic E-state index is 12.1. The fourth-order valence-electron chi connectivity index (χ4n) is 1.79. The number of nitro benzene ring substituents is 1. The van der Waals surface area contributed by atoms with Crippen LogP contribution < -0.4 is 5.32 Å². The molecule has 0 unspecified atom stereocenters. The number of nitro groups is 1. The largest absolute Gasteiger partial charge is 0.467 e. The number of amides is 1. The number of non-ortho nitro benzene ring substituents is 1. The Morgan fingerprint density at radius 1 is 1.48 bits per heavy atom. The molecule has 0 aliphatic carbocycles. The summed E-state index contributed by atoms with van der Waals surface area (Å²) in [4.78, 5) is 33.5. The Balaban J connectivity index is 2.33. The first-order valence-electron chi connectivity index (χ1n) is 5.95. The third kappa shape index (κ3) is 2.81. The zero-order valence-electron chi connectivity index (χ0n) is 11.2. The van der Waals surface area contributed by atoms with Gasteiger partial charge >= 0.3 is 5.97 Å². The Hall–Kier alpha value is -2.97. The minimum atomic E-state index is -0.854. The predicted octanol–water partition coefficient (Wildman–Crippen LogP) is 0.762. The third-order valence-corrected chi connectivity index (χ3v) is 2.87. The van der Waals surface area contributed by atoms with Crippen LogP contribution in [0.5, 0.6) is 0 Å². The van der Waals surface area contributed by atoms with Gasteiger partial charge in [0.1, 0.15) is 6.04 Å². The van der Waals surface area contributed by atoms with Gasteiger partial charge in [0.15, 0.2) is 5.69 Å². The molecule has 1 aromatic heterocycles. The lowest BCUT2D eigenvalue weighted by atomic mass is 10.1. The summed E-state index contributed by atoms with van der Waals surface area (Å²) in [7, 11) is 1.21. The summed E-state index contributed by atoms with van der Waals surface area (Å²) in [6, 6.07) is 3.16. The second-order valence-electron chi connectivity index (χ2n) is 4.28. The van der Waals surface area contributed by atoms with Gasteiger partial charge in [-0.1, -0.05) is 0 Å². The van der Waals surface area contributed by atoms with Crippen LogP contribution in [0.15, 0.2) is 18.2 Å². The van der Waals surface area contributed by atoms with Gasteiger partial charge in [0, 0.05) is 17.5 Å². The number of nitrogens with zero attached hydrogens (tertiary/aromatic N) is 2. The van der Waals surface area contributed by atoms with E-state index in [2.05, 4.69) is 20.3 Å². The Labute approximate surface area is 118 Å². The number of carbonyl (C=O) groups is 2. The van der Waals surface area contributed by atoms with E-state index >= 15 is 0 Å². The summed E-state index contributed by atoms with van der Waals surface area (Å²) in [5.74, 6) is -1.23. The number of fused-ring (bicyclic) bond motifs is 1. The van der Waals surface area contributed by atoms with E-state index in [1.807, 2.05) is 0 Å². The summed E-state index contributed by atoms with van der Waals surface area (Å²) in [5.41, 5.74) is 0.305. The normalized spacial score (nSPS) is 11.9. The van der Waals surface area contributed by atoms with Crippen LogP contribution in [-0.2, 0) is 9.53 Å². The highest BCUT2D eigenvalue weighted by molar-refractivity contribution is 6.06. The van der Waals surface area contributed by atoms with E-state index in [1.54, 1.807) is 0 Å². The van der Waals surface area contributed by atoms with Crippen molar-refractivity contribution in [2.24, 2.45) is 0 Å². The molecule has 21 heavy (non-hydrogen) atoms. The first-order chi connectivity index (χ1) is 9.93. The van der Waals surface area contributed by atoms with Crippen molar-refractivity contribution in [2.45, 2.75) is 13.0 Å². The quantitative estimate of drug-likeness (QED) is 0.486. The van der Waals surface area contributed by atoms with Crippen LogP contribution in [0.4, 0.5) is 5.69 Å². The van der Waals surface area contributed by atoms with Gasteiger partial charge in [-0.2, -0.15) is 5.10 Å². The fraction of sp³-hybridized carbons (Fsp3) is 0.250.